The lowest BCUT2D eigenvalue weighted by atomic mass is 10.1. The van der Waals surface area contributed by atoms with Crippen molar-refractivity contribution in [2.24, 2.45) is 0 Å². The molecule has 0 spiro atoms. The van der Waals surface area contributed by atoms with Gasteiger partial charge in [0.05, 0.1) is 18.1 Å². The van der Waals surface area contributed by atoms with Crippen LogP contribution < -0.4 is 4.74 Å². The lowest BCUT2D eigenvalue weighted by Gasteiger charge is -2.13. The van der Waals surface area contributed by atoms with E-state index >= 15 is 0 Å². The Kier molecular flexibility index (Phi) is 4.32. The average Bonchev–Trinajstić information content (AvgIpc) is 2.74. The highest BCUT2D eigenvalue weighted by molar-refractivity contribution is 7.09. The summed E-state index contributed by atoms with van der Waals surface area (Å²) in [5, 5.41) is 2.81. The zero-order chi connectivity index (χ0) is 13.8. The highest BCUT2D eigenvalue weighted by Crippen LogP contribution is 2.22. The molecular weight excluding hydrogens is 258 g/mol. The van der Waals surface area contributed by atoms with Gasteiger partial charge in [-0.25, -0.2) is 4.98 Å². The number of carbonyl (C=O) groups is 1. The standard InChI is InChI=1S/C15H17NO2S/c1-10(2)18-14-7-5-4-6-12(14)13(17)8-15-16-11(3)9-19-15/h4-7,9-10H,8H2,1-3H3. The summed E-state index contributed by atoms with van der Waals surface area (Å²) < 4.78 is 5.67. The number of rotatable bonds is 5. The molecule has 0 aliphatic heterocycles. The summed E-state index contributed by atoms with van der Waals surface area (Å²) >= 11 is 1.52. The molecule has 2 aromatic rings. The number of carbonyl (C=O) groups excluding carboxylic acids is 1. The molecule has 1 aromatic heterocycles. The van der Waals surface area contributed by atoms with E-state index in [1.807, 2.05) is 44.4 Å². The first kappa shape index (κ1) is 13.7. The van der Waals surface area contributed by atoms with Crippen LogP contribution in [0.2, 0.25) is 0 Å². The second-order valence-corrected chi connectivity index (χ2v) is 5.59. The number of ketones is 1. The van der Waals surface area contributed by atoms with Crippen LogP contribution in [0.4, 0.5) is 0 Å². The second kappa shape index (κ2) is 5.97. The lowest BCUT2D eigenvalue weighted by Crippen LogP contribution is -2.11. The van der Waals surface area contributed by atoms with Crippen molar-refractivity contribution < 1.29 is 9.53 Å². The fourth-order valence-electron chi connectivity index (χ4n) is 1.77. The molecule has 0 unspecified atom stereocenters. The Morgan fingerprint density at radius 2 is 2.11 bits per heavy atom. The molecule has 4 heteroatoms. The molecule has 0 bridgehead atoms. The van der Waals surface area contributed by atoms with Gasteiger partial charge >= 0.3 is 0 Å². The Morgan fingerprint density at radius 3 is 2.74 bits per heavy atom. The molecule has 1 aromatic carbocycles. The van der Waals surface area contributed by atoms with Gasteiger partial charge in [0.1, 0.15) is 10.8 Å². The number of ether oxygens (including phenoxy) is 1. The molecule has 100 valence electrons. The molecule has 0 N–H and O–H groups in total. The first-order valence-corrected chi connectivity index (χ1v) is 7.14. The zero-order valence-corrected chi connectivity index (χ0v) is 12.2. The topological polar surface area (TPSA) is 39.2 Å². The highest BCUT2D eigenvalue weighted by atomic mass is 32.1. The van der Waals surface area contributed by atoms with Crippen LogP contribution in [0.1, 0.15) is 34.9 Å². The van der Waals surface area contributed by atoms with Crippen LogP contribution in [0.15, 0.2) is 29.6 Å². The molecule has 0 aliphatic rings. The zero-order valence-electron chi connectivity index (χ0n) is 11.3. The fourth-order valence-corrected chi connectivity index (χ4v) is 2.54. The third kappa shape index (κ3) is 3.64. The van der Waals surface area contributed by atoms with E-state index in [0.29, 0.717) is 17.7 Å². The molecule has 0 amide bonds. The van der Waals surface area contributed by atoms with Crippen molar-refractivity contribution in [1.82, 2.24) is 4.98 Å². The quantitative estimate of drug-likeness (QED) is 0.782. The van der Waals surface area contributed by atoms with Gasteiger partial charge in [-0.2, -0.15) is 0 Å². The van der Waals surface area contributed by atoms with E-state index in [1.165, 1.54) is 11.3 Å². The summed E-state index contributed by atoms with van der Waals surface area (Å²) in [4.78, 5) is 16.6. The molecule has 3 nitrogen and oxygen atoms in total. The summed E-state index contributed by atoms with van der Waals surface area (Å²) in [5.41, 5.74) is 1.59. The van der Waals surface area contributed by atoms with E-state index in [4.69, 9.17) is 4.74 Å². The van der Waals surface area contributed by atoms with Gasteiger partial charge in [-0.05, 0) is 32.9 Å². The summed E-state index contributed by atoms with van der Waals surface area (Å²) in [6.45, 7) is 5.83. The van der Waals surface area contributed by atoms with Crippen molar-refractivity contribution in [2.75, 3.05) is 0 Å². The Labute approximate surface area is 117 Å². The van der Waals surface area contributed by atoms with Crippen molar-refractivity contribution >= 4 is 17.1 Å². The summed E-state index contributed by atoms with van der Waals surface area (Å²) in [7, 11) is 0. The van der Waals surface area contributed by atoms with Gasteiger partial charge in [0.15, 0.2) is 5.78 Å². The van der Waals surface area contributed by atoms with E-state index in [2.05, 4.69) is 4.98 Å². The van der Waals surface area contributed by atoms with Gasteiger partial charge in [-0.15, -0.1) is 11.3 Å². The van der Waals surface area contributed by atoms with Crippen LogP contribution in [-0.2, 0) is 6.42 Å². The smallest absolute Gasteiger partial charge is 0.173 e. The van der Waals surface area contributed by atoms with Crippen LogP contribution in [-0.4, -0.2) is 16.9 Å². The monoisotopic (exact) mass is 275 g/mol. The molecule has 0 atom stereocenters. The third-order valence-electron chi connectivity index (χ3n) is 2.53. The minimum absolute atomic E-state index is 0.0469. The van der Waals surface area contributed by atoms with Gasteiger partial charge in [-0.1, -0.05) is 12.1 Å². The van der Waals surface area contributed by atoms with Crippen LogP contribution in [0.3, 0.4) is 0 Å². The first-order chi connectivity index (χ1) is 9.06. The van der Waals surface area contributed by atoms with Crippen LogP contribution >= 0.6 is 11.3 Å². The molecule has 2 rings (SSSR count). The Morgan fingerprint density at radius 1 is 1.37 bits per heavy atom. The van der Waals surface area contributed by atoms with Gasteiger partial charge in [-0.3, -0.25) is 4.79 Å². The van der Waals surface area contributed by atoms with Crippen molar-refractivity contribution in [3.63, 3.8) is 0 Å². The van der Waals surface area contributed by atoms with Gasteiger partial charge < -0.3 is 4.74 Å². The number of hydrogen-bond acceptors (Lipinski definition) is 4. The molecule has 1 heterocycles. The van der Waals surface area contributed by atoms with Crippen molar-refractivity contribution in [2.45, 2.75) is 33.3 Å². The van der Waals surface area contributed by atoms with Gasteiger partial charge in [0.2, 0.25) is 0 Å². The largest absolute Gasteiger partial charge is 0.490 e. The minimum atomic E-state index is 0.0469. The second-order valence-electron chi connectivity index (χ2n) is 4.65. The maximum atomic E-state index is 12.3. The Balaban J connectivity index is 2.18. The van der Waals surface area contributed by atoms with Gasteiger partial charge in [0, 0.05) is 11.1 Å². The number of thiazole rings is 1. The van der Waals surface area contributed by atoms with E-state index in [9.17, 15) is 4.79 Å². The van der Waals surface area contributed by atoms with Crippen LogP contribution in [0.25, 0.3) is 0 Å². The van der Waals surface area contributed by atoms with Crippen LogP contribution in [0.5, 0.6) is 5.75 Å². The number of hydrogen-bond donors (Lipinski definition) is 0. The summed E-state index contributed by atoms with van der Waals surface area (Å²) in [6, 6.07) is 7.37. The number of para-hydroxylation sites is 1. The fraction of sp³-hybridized carbons (Fsp3) is 0.333. The lowest BCUT2D eigenvalue weighted by molar-refractivity contribution is 0.0987. The molecule has 0 fully saturated rings. The SMILES string of the molecule is Cc1csc(CC(=O)c2ccccc2OC(C)C)n1. The predicted octanol–water partition coefficient (Wildman–Crippen LogP) is 3.66. The van der Waals surface area contributed by atoms with E-state index in [-0.39, 0.29) is 11.9 Å². The summed E-state index contributed by atoms with van der Waals surface area (Å²) in [5.74, 6) is 0.696. The number of Topliss-reactive ketones (excluding diaryl/α,β-unsaturated/α-hetero) is 1. The van der Waals surface area contributed by atoms with Crippen molar-refractivity contribution in [3.05, 3.63) is 45.9 Å². The highest BCUT2D eigenvalue weighted by Gasteiger charge is 2.15. The number of benzene rings is 1. The maximum absolute atomic E-state index is 12.3. The van der Waals surface area contributed by atoms with E-state index < -0.39 is 0 Å². The molecule has 0 saturated heterocycles. The molecule has 0 radical (unpaired) electrons. The average molecular weight is 275 g/mol. The van der Waals surface area contributed by atoms with E-state index in [0.717, 1.165) is 10.7 Å². The number of aryl methyl sites for hydroxylation is 1. The normalized spacial score (nSPS) is 10.7. The number of nitrogens with zero attached hydrogens (tertiary/aromatic N) is 1. The van der Waals surface area contributed by atoms with Crippen molar-refractivity contribution in [3.8, 4) is 5.75 Å². The molecular formula is C15H17NO2S. The predicted molar refractivity (Wildman–Crippen MR) is 77.1 cm³/mol. The summed E-state index contributed by atoms with van der Waals surface area (Å²) in [6.07, 6.45) is 0.382. The maximum Gasteiger partial charge on any atom is 0.173 e. The Hall–Kier alpha value is -1.68. The first-order valence-electron chi connectivity index (χ1n) is 6.26. The third-order valence-corrected chi connectivity index (χ3v) is 3.50. The Bertz CT molecular complexity index is 575. The minimum Gasteiger partial charge on any atom is -0.490 e. The molecule has 0 aliphatic carbocycles. The number of aromatic nitrogens is 1. The molecule has 19 heavy (non-hydrogen) atoms. The van der Waals surface area contributed by atoms with Gasteiger partial charge in [0.25, 0.3) is 0 Å². The van der Waals surface area contributed by atoms with Crippen LogP contribution in [0, 0.1) is 6.92 Å². The van der Waals surface area contributed by atoms with Crippen molar-refractivity contribution in [1.29, 1.82) is 0 Å². The van der Waals surface area contributed by atoms with E-state index in [1.54, 1.807) is 6.07 Å². The molecule has 0 saturated carbocycles.